The number of hydrogen-bond acceptors (Lipinski definition) is 4. The molecule has 2 amide bonds. The summed E-state index contributed by atoms with van der Waals surface area (Å²) in [5, 5.41) is 0. The molecule has 1 aromatic carbocycles. The van der Waals surface area contributed by atoms with Crippen molar-refractivity contribution in [1.82, 2.24) is 9.80 Å². The number of aryl methyl sites for hydroxylation is 1. The Bertz CT molecular complexity index is 1040. The third-order valence-electron chi connectivity index (χ3n) is 7.74. The van der Waals surface area contributed by atoms with Crippen molar-refractivity contribution in [1.29, 1.82) is 0 Å². The molecule has 0 bridgehead atoms. The first-order valence-electron chi connectivity index (χ1n) is 12.6. The zero-order valence-electron chi connectivity index (χ0n) is 21.3. The van der Waals surface area contributed by atoms with E-state index in [-0.39, 0.29) is 41.1 Å². The van der Waals surface area contributed by atoms with E-state index in [1.807, 2.05) is 24.8 Å². The van der Waals surface area contributed by atoms with Gasteiger partial charge in [-0.25, -0.2) is 4.39 Å². The molecule has 0 unspecified atom stereocenters. The van der Waals surface area contributed by atoms with Gasteiger partial charge in [0.05, 0.1) is 17.4 Å². The minimum Gasteiger partial charge on any atom is -0.469 e. The van der Waals surface area contributed by atoms with Crippen molar-refractivity contribution in [3.8, 4) is 0 Å². The van der Waals surface area contributed by atoms with Crippen molar-refractivity contribution in [3.63, 3.8) is 0 Å². The normalized spacial score (nSPS) is 21.5. The number of furan rings is 1. The Kier molecular flexibility index (Phi) is 7.64. The van der Waals surface area contributed by atoms with Gasteiger partial charge in [0.25, 0.3) is 5.91 Å². The fourth-order valence-corrected chi connectivity index (χ4v) is 5.66. The third-order valence-corrected chi connectivity index (χ3v) is 7.74. The lowest BCUT2D eigenvalue weighted by Gasteiger charge is -2.42. The van der Waals surface area contributed by atoms with E-state index in [9.17, 15) is 14.0 Å². The number of ether oxygens (including phenoxy) is 1. The van der Waals surface area contributed by atoms with E-state index >= 15 is 0 Å². The molecule has 2 aromatic rings. The molecule has 0 saturated carbocycles. The summed E-state index contributed by atoms with van der Waals surface area (Å²) in [6.45, 7) is 7.78. The number of piperidine rings is 1. The molecule has 4 rings (SSSR count). The van der Waals surface area contributed by atoms with E-state index in [0.717, 1.165) is 25.7 Å². The second-order valence-corrected chi connectivity index (χ2v) is 10.6. The molecule has 35 heavy (non-hydrogen) atoms. The van der Waals surface area contributed by atoms with Gasteiger partial charge in [-0.1, -0.05) is 18.2 Å². The van der Waals surface area contributed by atoms with Gasteiger partial charge in [-0.05, 0) is 76.5 Å². The van der Waals surface area contributed by atoms with E-state index in [1.165, 1.54) is 12.3 Å². The van der Waals surface area contributed by atoms with Gasteiger partial charge in [0.15, 0.2) is 0 Å². The maximum atomic E-state index is 14.6. The van der Waals surface area contributed by atoms with Crippen molar-refractivity contribution >= 4 is 11.8 Å². The smallest absolute Gasteiger partial charge is 0.257 e. The summed E-state index contributed by atoms with van der Waals surface area (Å²) < 4.78 is 25.7. The minimum atomic E-state index is -0.268. The predicted octanol–water partition coefficient (Wildman–Crippen LogP) is 4.85. The zero-order valence-corrected chi connectivity index (χ0v) is 21.3. The van der Waals surface area contributed by atoms with E-state index in [1.54, 1.807) is 37.1 Å². The average Bonchev–Trinajstić information content (AvgIpc) is 3.27. The van der Waals surface area contributed by atoms with Gasteiger partial charge in [0.2, 0.25) is 5.91 Å². The van der Waals surface area contributed by atoms with Gasteiger partial charge < -0.3 is 19.0 Å². The quantitative estimate of drug-likeness (QED) is 0.588. The monoisotopic (exact) mass is 484 g/mol. The zero-order chi connectivity index (χ0) is 25.2. The summed E-state index contributed by atoms with van der Waals surface area (Å²) in [5.41, 5.74) is 0.862. The highest BCUT2D eigenvalue weighted by Gasteiger charge is 2.38. The molecule has 2 saturated heterocycles. The Morgan fingerprint density at radius 3 is 2.51 bits per heavy atom. The Morgan fingerprint density at radius 2 is 1.89 bits per heavy atom. The number of hydrogen-bond donors (Lipinski definition) is 0. The van der Waals surface area contributed by atoms with Crippen LogP contribution in [-0.2, 0) is 16.0 Å². The van der Waals surface area contributed by atoms with E-state index in [4.69, 9.17) is 9.15 Å². The number of amides is 2. The van der Waals surface area contributed by atoms with Crippen molar-refractivity contribution in [3.05, 3.63) is 59.3 Å². The van der Waals surface area contributed by atoms with Crippen LogP contribution >= 0.6 is 0 Å². The summed E-state index contributed by atoms with van der Waals surface area (Å²) >= 11 is 0. The van der Waals surface area contributed by atoms with Gasteiger partial charge in [0, 0.05) is 38.7 Å². The van der Waals surface area contributed by atoms with Crippen LogP contribution in [0.25, 0.3) is 0 Å². The standard InChI is InChI=1S/C28H37FN2O4/c1-19-23(12-15-34-19)27(33)30(4)25(17-21-7-5-6-8-24(21)29)20-9-13-31(14-10-20)26(32)22-11-16-35-28(2,3)18-22/h5-8,12,15,20,22,25H,9-11,13-14,16-18H2,1-4H3/t22-,25+/m0/s1. The fourth-order valence-electron chi connectivity index (χ4n) is 5.66. The lowest BCUT2D eigenvalue weighted by Crippen LogP contribution is -2.50. The van der Waals surface area contributed by atoms with Crippen LogP contribution in [0.15, 0.2) is 41.0 Å². The van der Waals surface area contributed by atoms with Crippen LogP contribution < -0.4 is 0 Å². The molecule has 0 radical (unpaired) electrons. The van der Waals surface area contributed by atoms with Crippen molar-refractivity contribution in [2.24, 2.45) is 11.8 Å². The molecule has 190 valence electrons. The molecule has 2 aliphatic heterocycles. The Balaban J connectivity index is 1.48. The third kappa shape index (κ3) is 5.77. The number of halogens is 1. The highest BCUT2D eigenvalue weighted by molar-refractivity contribution is 5.95. The van der Waals surface area contributed by atoms with Crippen LogP contribution in [0.4, 0.5) is 4.39 Å². The van der Waals surface area contributed by atoms with Gasteiger partial charge in [-0.3, -0.25) is 9.59 Å². The average molecular weight is 485 g/mol. The van der Waals surface area contributed by atoms with Crippen LogP contribution in [0.2, 0.25) is 0 Å². The molecular weight excluding hydrogens is 447 g/mol. The number of benzene rings is 1. The first-order valence-corrected chi connectivity index (χ1v) is 12.6. The largest absolute Gasteiger partial charge is 0.469 e. The molecule has 3 heterocycles. The first-order chi connectivity index (χ1) is 16.7. The van der Waals surface area contributed by atoms with Crippen LogP contribution in [-0.4, -0.2) is 60.0 Å². The van der Waals surface area contributed by atoms with Crippen LogP contribution in [0.5, 0.6) is 0 Å². The maximum Gasteiger partial charge on any atom is 0.257 e. The van der Waals surface area contributed by atoms with Crippen molar-refractivity contribution < 1.29 is 23.1 Å². The van der Waals surface area contributed by atoms with Crippen molar-refractivity contribution in [2.45, 2.75) is 64.5 Å². The molecule has 0 spiro atoms. The summed E-state index contributed by atoms with van der Waals surface area (Å²) in [4.78, 5) is 30.3. The van der Waals surface area contributed by atoms with Crippen LogP contribution in [0, 0.1) is 24.6 Å². The number of nitrogens with zero attached hydrogens (tertiary/aromatic N) is 2. The van der Waals surface area contributed by atoms with Gasteiger partial charge in [0.1, 0.15) is 11.6 Å². The number of likely N-dealkylation sites (tertiary alicyclic amines) is 1. The Labute approximate surface area is 207 Å². The maximum absolute atomic E-state index is 14.6. The van der Waals surface area contributed by atoms with Gasteiger partial charge in [-0.15, -0.1) is 0 Å². The first kappa shape index (κ1) is 25.4. The lowest BCUT2D eigenvalue weighted by molar-refractivity contribution is -0.147. The summed E-state index contributed by atoms with van der Waals surface area (Å²) in [6, 6.07) is 8.26. The summed E-state index contributed by atoms with van der Waals surface area (Å²) in [6.07, 6.45) is 5.00. The highest BCUT2D eigenvalue weighted by atomic mass is 19.1. The van der Waals surface area contributed by atoms with E-state index in [2.05, 4.69) is 0 Å². The lowest BCUT2D eigenvalue weighted by atomic mass is 9.83. The number of likely N-dealkylation sites (N-methyl/N-ethyl adjacent to an activating group) is 1. The van der Waals surface area contributed by atoms with Gasteiger partial charge in [-0.2, -0.15) is 0 Å². The Hall–Kier alpha value is -2.67. The molecular formula is C28H37FN2O4. The molecule has 0 N–H and O–H groups in total. The SMILES string of the molecule is Cc1occc1C(=O)N(C)[C@H](Cc1ccccc1F)C1CCN(C(=O)[C@H]2CCOC(C)(C)C2)CC1. The molecule has 7 heteroatoms. The summed E-state index contributed by atoms with van der Waals surface area (Å²) in [5.74, 6) is 0.562. The predicted molar refractivity (Wildman–Crippen MR) is 131 cm³/mol. The second-order valence-electron chi connectivity index (χ2n) is 10.6. The highest BCUT2D eigenvalue weighted by Crippen LogP contribution is 2.33. The molecule has 6 nitrogen and oxygen atoms in total. The number of carbonyl (C=O) groups is 2. The van der Waals surface area contributed by atoms with Gasteiger partial charge >= 0.3 is 0 Å². The molecule has 0 aliphatic carbocycles. The fraction of sp³-hybridized carbons (Fsp3) is 0.571. The number of rotatable bonds is 6. The minimum absolute atomic E-state index is 0.00201. The summed E-state index contributed by atoms with van der Waals surface area (Å²) in [7, 11) is 1.79. The van der Waals surface area contributed by atoms with Crippen molar-refractivity contribution in [2.75, 3.05) is 26.7 Å². The molecule has 2 fully saturated rings. The Morgan fingerprint density at radius 1 is 1.17 bits per heavy atom. The molecule has 1 aromatic heterocycles. The van der Waals surface area contributed by atoms with E-state index in [0.29, 0.717) is 43.0 Å². The van der Waals surface area contributed by atoms with Crippen LogP contribution in [0.3, 0.4) is 0 Å². The topological polar surface area (TPSA) is 63.0 Å². The number of carbonyl (C=O) groups excluding carboxylic acids is 2. The van der Waals surface area contributed by atoms with Crippen LogP contribution in [0.1, 0.15) is 61.2 Å². The van der Waals surface area contributed by atoms with E-state index < -0.39 is 0 Å². The molecule has 2 aliphatic rings. The molecule has 2 atom stereocenters. The second kappa shape index (κ2) is 10.5.